The molecule has 1 fully saturated rings. The molecule has 7 nitrogen and oxygen atoms in total. The topological polar surface area (TPSA) is 106 Å². The largest absolute Gasteiger partial charge is 0.376 e. The van der Waals surface area contributed by atoms with Crippen molar-refractivity contribution in [3.8, 4) is 0 Å². The fourth-order valence-electron chi connectivity index (χ4n) is 1.63. The molecule has 88 valence electrons. The zero-order valence-corrected chi connectivity index (χ0v) is 8.90. The van der Waals surface area contributed by atoms with E-state index in [0.29, 0.717) is 6.54 Å². The highest BCUT2D eigenvalue weighted by atomic mass is 16.5. The summed E-state index contributed by atoms with van der Waals surface area (Å²) in [7, 11) is 0. The minimum Gasteiger partial charge on any atom is -0.376 e. The fraction of sp³-hybridized carbons (Fsp3) is 0.667. The van der Waals surface area contributed by atoms with Gasteiger partial charge >= 0.3 is 0 Å². The first kappa shape index (κ1) is 10.9. The number of nitrogens with zero attached hydrogens (tertiary/aromatic N) is 2. The van der Waals surface area contributed by atoms with E-state index in [1.807, 2.05) is 0 Å². The molecular weight excluding hydrogens is 210 g/mol. The third-order valence-corrected chi connectivity index (χ3v) is 2.48. The molecule has 0 bridgehead atoms. The van der Waals surface area contributed by atoms with Gasteiger partial charge in [0, 0.05) is 13.2 Å². The lowest BCUT2D eigenvalue weighted by molar-refractivity contribution is 0.0168. The minimum absolute atomic E-state index is 0.0686. The summed E-state index contributed by atoms with van der Waals surface area (Å²) in [5.74, 6) is -0.106. The Balaban J connectivity index is 1.79. The van der Waals surface area contributed by atoms with Gasteiger partial charge in [-0.15, -0.1) is 5.10 Å². The Morgan fingerprint density at radius 2 is 2.50 bits per heavy atom. The second-order valence-electron chi connectivity index (χ2n) is 3.74. The van der Waals surface area contributed by atoms with Crippen molar-refractivity contribution in [3.05, 3.63) is 5.82 Å². The van der Waals surface area contributed by atoms with Crippen LogP contribution in [0, 0.1) is 0 Å². The van der Waals surface area contributed by atoms with E-state index in [0.717, 1.165) is 25.9 Å². The lowest BCUT2D eigenvalue weighted by Crippen LogP contribution is -2.35. The Labute approximate surface area is 92.8 Å². The number of hydrogen-bond acceptors (Lipinski definition) is 5. The summed E-state index contributed by atoms with van der Waals surface area (Å²) in [4.78, 5) is 15.3. The van der Waals surface area contributed by atoms with Gasteiger partial charge in [0.15, 0.2) is 0 Å². The maximum absolute atomic E-state index is 11.5. The number of H-pyrrole nitrogens is 1. The summed E-state index contributed by atoms with van der Waals surface area (Å²) in [6.45, 7) is 1.27. The average molecular weight is 225 g/mol. The number of nitrogens with one attached hydrogen (secondary N) is 2. The molecule has 2 heterocycles. The zero-order valence-electron chi connectivity index (χ0n) is 8.90. The van der Waals surface area contributed by atoms with Gasteiger partial charge in [-0.3, -0.25) is 9.89 Å². The molecule has 0 spiro atoms. The molecule has 1 aromatic rings. The van der Waals surface area contributed by atoms with Crippen LogP contribution in [0.15, 0.2) is 0 Å². The maximum atomic E-state index is 11.5. The van der Waals surface area contributed by atoms with Crippen molar-refractivity contribution in [2.24, 2.45) is 0 Å². The summed E-state index contributed by atoms with van der Waals surface area (Å²) in [6.07, 6.45) is 3.34. The van der Waals surface area contributed by atoms with Gasteiger partial charge in [0.05, 0.1) is 6.10 Å². The highest BCUT2D eigenvalue weighted by molar-refractivity contribution is 5.90. The number of aromatic nitrogens is 3. The average Bonchev–Trinajstić information content (AvgIpc) is 2.74. The summed E-state index contributed by atoms with van der Waals surface area (Å²) in [5.41, 5.74) is 5.30. The Hall–Kier alpha value is -1.63. The predicted molar refractivity (Wildman–Crippen MR) is 56.7 cm³/mol. The number of rotatable bonds is 3. The summed E-state index contributed by atoms with van der Waals surface area (Å²) in [6, 6.07) is 0. The van der Waals surface area contributed by atoms with Gasteiger partial charge in [0.25, 0.3) is 5.91 Å². The van der Waals surface area contributed by atoms with E-state index in [2.05, 4.69) is 20.5 Å². The van der Waals surface area contributed by atoms with E-state index < -0.39 is 0 Å². The third-order valence-electron chi connectivity index (χ3n) is 2.48. The van der Waals surface area contributed by atoms with Crippen LogP contribution in [0.5, 0.6) is 0 Å². The van der Waals surface area contributed by atoms with E-state index in [4.69, 9.17) is 10.5 Å². The fourth-order valence-corrected chi connectivity index (χ4v) is 1.63. The highest BCUT2D eigenvalue weighted by Gasteiger charge is 2.16. The second kappa shape index (κ2) is 4.93. The Morgan fingerprint density at radius 1 is 1.62 bits per heavy atom. The third kappa shape index (κ3) is 2.69. The van der Waals surface area contributed by atoms with Gasteiger partial charge in [0.2, 0.25) is 11.8 Å². The lowest BCUT2D eigenvalue weighted by atomic mass is 10.1. The van der Waals surface area contributed by atoms with Gasteiger partial charge in [-0.05, 0) is 19.3 Å². The van der Waals surface area contributed by atoms with Crippen LogP contribution in [0.3, 0.4) is 0 Å². The molecule has 0 aliphatic carbocycles. The normalized spacial score (nSPS) is 20.6. The minimum atomic E-state index is -0.307. The quantitative estimate of drug-likeness (QED) is 0.654. The van der Waals surface area contributed by atoms with E-state index in [1.165, 1.54) is 0 Å². The van der Waals surface area contributed by atoms with Gasteiger partial charge in [-0.1, -0.05) is 0 Å². The number of anilines is 1. The van der Waals surface area contributed by atoms with Crippen molar-refractivity contribution < 1.29 is 9.53 Å². The second-order valence-corrected chi connectivity index (χ2v) is 3.74. The predicted octanol–water partition coefficient (Wildman–Crippen LogP) is -0.314. The van der Waals surface area contributed by atoms with Crippen LogP contribution in [0.25, 0.3) is 0 Å². The van der Waals surface area contributed by atoms with Crippen molar-refractivity contribution in [1.82, 2.24) is 20.5 Å². The molecule has 1 atom stereocenters. The molecule has 1 aliphatic heterocycles. The monoisotopic (exact) mass is 225 g/mol. The molecule has 4 N–H and O–H groups in total. The molecule has 0 aromatic carbocycles. The number of nitrogens with two attached hydrogens (primary N) is 1. The smallest absolute Gasteiger partial charge is 0.288 e. The first-order valence-corrected chi connectivity index (χ1v) is 5.33. The molecule has 1 unspecified atom stereocenters. The molecular formula is C9H15N5O2. The van der Waals surface area contributed by atoms with Crippen molar-refractivity contribution >= 4 is 11.9 Å². The van der Waals surface area contributed by atoms with Gasteiger partial charge in [-0.25, -0.2) is 0 Å². The SMILES string of the molecule is Nc1n[nH]c(C(=O)NCC2CCCCO2)n1. The molecule has 16 heavy (non-hydrogen) atoms. The Bertz CT molecular complexity index is 359. The number of carbonyl (C=O) groups excluding carboxylic acids is 1. The maximum Gasteiger partial charge on any atom is 0.288 e. The lowest BCUT2D eigenvalue weighted by Gasteiger charge is -2.22. The molecule has 0 saturated carbocycles. The summed E-state index contributed by atoms with van der Waals surface area (Å²) in [5, 5.41) is 8.76. The van der Waals surface area contributed by atoms with Gasteiger partial charge in [0.1, 0.15) is 0 Å². The van der Waals surface area contributed by atoms with Crippen molar-refractivity contribution in [2.45, 2.75) is 25.4 Å². The molecule has 1 aromatic heterocycles. The molecule has 1 aliphatic rings. The first-order chi connectivity index (χ1) is 7.75. The van der Waals surface area contributed by atoms with Crippen molar-refractivity contribution in [2.75, 3.05) is 18.9 Å². The van der Waals surface area contributed by atoms with Crippen LogP contribution in [-0.4, -0.2) is 40.3 Å². The van der Waals surface area contributed by atoms with Crippen molar-refractivity contribution in [1.29, 1.82) is 0 Å². The number of hydrogen-bond donors (Lipinski definition) is 3. The van der Waals surface area contributed by atoms with E-state index in [1.54, 1.807) is 0 Å². The standard InChI is InChI=1S/C9H15N5O2/c10-9-12-7(13-14-9)8(15)11-5-6-3-1-2-4-16-6/h6H,1-5H2,(H,11,15)(H3,10,12,13,14). The molecule has 1 saturated heterocycles. The van der Waals surface area contributed by atoms with Crippen LogP contribution >= 0.6 is 0 Å². The highest BCUT2D eigenvalue weighted by Crippen LogP contribution is 2.11. The van der Waals surface area contributed by atoms with Crippen molar-refractivity contribution in [3.63, 3.8) is 0 Å². The Morgan fingerprint density at radius 3 is 3.12 bits per heavy atom. The van der Waals surface area contributed by atoms with Crippen LogP contribution in [0.1, 0.15) is 29.9 Å². The number of amides is 1. The first-order valence-electron chi connectivity index (χ1n) is 5.33. The molecule has 1 amide bonds. The van der Waals surface area contributed by atoms with Crippen LogP contribution in [0.2, 0.25) is 0 Å². The van der Waals surface area contributed by atoms with Crippen LogP contribution in [-0.2, 0) is 4.74 Å². The molecule has 7 heteroatoms. The van der Waals surface area contributed by atoms with E-state index >= 15 is 0 Å². The number of ether oxygens (including phenoxy) is 1. The zero-order chi connectivity index (χ0) is 11.4. The summed E-state index contributed by atoms with van der Waals surface area (Å²) >= 11 is 0. The van der Waals surface area contributed by atoms with Crippen LogP contribution in [0.4, 0.5) is 5.95 Å². The Kier molecular flexibility index (Phi) is 3.35. The number of carbonyl (C=O) groups is 1. The number of nitrogen functional groups attached to an aromatic ring is 1. The van der Waals surface area contributed by atoms with Gasteiger partial charge < -0.3 is 15.8 Å². The molecule has 2 rings (SSSR count). The number of aromatic amines is 1. The van der Waals surface area contributed by atoms with Gasteiger partial charge in [-0.2, -0.15) is 4.98 Å². The van der Waals surface area contributed by atoms with E-state index in [-0.39, 0.29) is 23.8 Å². The summed E-state index contributed by atoms with van der Waals surface area (Å²) < 4.78 is 5.48. The van der Waals surface area contributed by atoms with Crippen LogP contribution < -0.4 is 11.1 Å². The molecule has 0 radical (unpaired) electrons. The van der Waals surface area contributed by atoms with E-state index in [9.17, 15) is 4.79 Å².